The summed E-state index contributed by atoms with van der Waals surface area (Å²) in [7, 11) is 0. The average Bonchev–Trinajstić information content (AvgIpc) is 2.81. The van der Waals surface area contributed by atoms with Gasteiger partial charge in [-0.05, 0) is 24.3 Å². The first-order valence-electron chi connectivity index (χ1n) is 6.16. The van der Waals surface area contributed by atoms with E-state index in [9.17, 15) is 9.18 Å². The Balaban J connectivity index is 2.01. The highest BCUT2D eigenvalue weighted by atomic mass is 35.5. The third-order valence-corrected chi connectivity index (χ3v) is 3.64. The van der Waals surface area contributed by atoms with E-state index in [0.717, 1.165) is 0 Å². The van der Waals surface area contributed by atoms with Crippen LogP contribution in [0.1, 0.15) is 12.0 Å². The molecule has 106 valence electrons. The minimum absolute atomic E-state index is 0.0277. The van der Waals surface area contributed by atoms with Gasteiger partial charge >= 0.3 is 0 Å². The molecule has 0 saturated heterocycles. The molecule has 3 nitrogen and oxygen atoms in total. The number of benzene rings is 2. The van der Waals surface area contributed by atoms with Crippen LogP contribution in [0.2, 0.25) is 10.0 Å². The van der Waals surface area contributed by atoms with E-state index in [0.29, 0.717) is 27.0 Å². The zero-order chi connectivity index (χ0) is 15.0. The second-order valence-corrected chi connectivity index (χ2v) is 5.35. The van der Waals surface area contributed by atoms with Crippen molar-refractivity contribution in [2.24, 2.45) is 5.10 Å². The molecule has 1 aliphatic rings. The Labute approximate surface area is 130 Å². The molecule has 0 radical (unpaired) electrons. The molecule has 2 aromatic rings. The fraction of sp³-hybridized carbons (Fsp3) is 0.0667. The van der Waals surface area contributed by atoms with Crippen LogP contribution in [0.3, 0.4) is 0 Å². The molecule has 0 bridgehead atoms. The highest BCUT2D eigenvalue weighted by molar-refractivity contribution is 6.37. The van der Waals surface area contributed by atoms with Crippen molar-refractivity contribution >= 4 is 40.5 Å². The van der Waals surface area contributed by atoms with Crippen molar-refractivity contribution in [3.63, 3.8) is 0 Å². The number of amides is 1. The summed E-state index contributed by atoms with van der Waals surface area (Å²) in [6, 6.07) is 11.0. The van der Waals surface area contributed by atoms with Gasteiger partial charge in [-0.2, -0.15) is 10.1 Å². The molecule has 0 fully saturated rings. The summed E-state index contributed by atoms with van der Waals surface area (Å²) in [6.45, 7) is 0. The van der Waals surface area contributed by atoms with Gasteiger partial charge in [0.05, 0.1) is 22.8 Å². The number of hydrogen-bond donors (Lipinski definition) is 0. The van der Waals surface area contributed by atoms with Crippen LogP contribution in [-0.2, 0) is 4.79 Å². The van der Waals surface area contributed by atoms with Gasteiger partial charge in [-0.3, -0.25) is 4.79 Å². The molecular formula is C15H9Cl2FN2O. The molecule has 3 rings (SSSR count). The smallest absolute Gasteiger partial charge is 0.253 e. The van der Waals surface area contributed by atoms with E-state index in [4.69, 9.17) is 23.2 Å². The Bertz CT molecular complexity index is 761. The highest BCUT2D eigenvalue weighted by Crippen LogP contribution is 2.32. The standard InChI is InChI=1S/C15H9Cl2FN2O/c16-9-5-6-14(11(17)7-9)20-15(21)8-13(19-20)10-3-1-2-4-12(10)18/h1-7H,8H2. The van der Waals surface area contributed by atoms with Crippen LogP contribution in [0.25, 0.3) is 0 Å². The summed E-state index contributed by atoms with van der Waals surface area (Å²) < 4.78 is 13.8. The molecule has 21 heavy (non-hydrogen) atoms. The molecule has 0 N–H and O–H groups in total. The molecule has 0 unspecified atom stereocenters. The fourth-order valence-corrected chi connectivity index (χ4v) is 2.60. The maximum atomic E-state index is 13.8. The molecular weight excluding hydrogens is 314 g/mol. The minimum Gasteiger partial charge on any atom is -0.272 e. The van der Waals surface area contributed by atoms with Gasteiger partial charge in [0.25, 0.3) is 5.91 Å². The predicted octanol–water partition coefficient (Wildman–Crippen LogP) is 4.27. The number of nitrogens with zero attached hydrogens (tertiary/aromatic N) is 2. The quantitative estimate of drug-likeness (QED) is 0.812. The van der Waals surface area contributed by atoms with Crippen LogP contribution in [0.5, 0.6) is 0 Å². The van der Waals surface area contributed by atoms with Crippen molar-refractivity contribution < 1.29 is 9.18 Å². The lowest BCUT2D eigenvalue weighted by atomic mass is 10.1. The molecule has 1 aliphatic heterocycles. The summed E-state index contributed by atoms with van der Waals surface area (Å²) in [6.07, 6.45) is 0.0277. The number of anilines is 1. The predicted molar refractivity (Wildman–Crippen MR) is 81.5 cm³/mol. The van der Waals surface area contributed by atoms with Crippen molar-refractivity contribution in [1.82, 2.24) is 0 Å². The third kappa shape index (κ3) is 2.64. The van der Waals surface area contributed by atoms with Crippen LogP contribution < -0.4 is 5.01 Å². The lowest BCUT2D eigenvalue weighted by Crippen LogP contribution is -2.19. The molecule has 1 amide bonds. The zero-order valence-electron chi connectivity index (χ0n) is 10.7. The van der Waals surface area contributed by atoms with Crippen molar-refractivity contribution in [1.29, 1.82) is 0 Å². The normalized spacial score (nSPS) is 14.5. The Morgan fingerprint density at radius 3 is 2.62 bits per heavy atom. The second kappa shape index (κ2) is 5.47. The fourth-order valence-electron chi connectivity index (χ4n) is 2.12. The van der Waals surface area contributed by atoms with E-state index >= 15 is 0 Å². The van der Waals surface area contributed by atoms with E-state index in [1.807, 2.05) is 0 Å². The van der Waals surface area contributed by atoms with Gasteiger partial charge in [0, 0.05) is 10.6 Å². The maximum absolute atomic E-state index is 13.8. The van der Waals surface area contributed by atoms with Gasteiger partial charge in [-0.15, -0.1) is 0 Å². The van der Waals surface area contributed by atoms with E-state index in [1.54, 1.807) is 30.3 Å². The van der Waals surface area contributed by atoms with Crippen molar-refractivity contribution in [3.05, 3.63) is 63.9 Å². The van der Waals surface area contributed by atoms with Gasteiger partial charge in [0.2, 0.25) is 0 Å². The van der Waals surface area contributed by atoms with Crippen molar-refractivity contribution in [3.8, 4) is 0 Å². The summed E-state index contributed by atoms with van der Waals surface area (Å²) >= 11 is 11.9. The molecule has 0 atom stereocenters. The van der Waals surface area contributed by atoms with Gasteiger partial charge < -0.3 is 0 Å². The van der Waals surface area contributed by atoms with Crippen LogP contribution in [0.4, 0.5) is 10.1 Å². The van der Waals surface area contributed by atoms with Crippen LogP contribution >= 0.6 is 23.2 Å². The molecule has 0 spiro atoms. The first kappa shape index (κ1) is 14.0. The zero-order valence-corrected chi connectivity index (χ0v) is 12.2. The lowest BCUT2D eigenvalue weighted by molar-refractivity contribution is -0.116. The van der Waals surface area contributed by atoms with Gasteiger partial charge in [0.1, 0.15) is 5.82 Å². The van der Waals surface area contributed by atoms with Crippen molar-refractivity contribution in [2.75, 3.05) is 5.01 Å². The van der Waals surface area contributed by atoms with E-state index in [1.165, 1.54) is 17.1 Å². The molecule has 0 saturated carbocycles. The van der Waals surface area contributed by atoms with Crippen LogP contribution in [0, 0.1) is 5.82 Å². The summed E-state index contributed by atoms with van der Waals surface area (Å²) in [5.41, 5.74) is 1.12. The molecule has 2 aromatic carbocycles. The number of hydrogen-bond acceptors (Lipinski definition) is 2. The SMILES string of the molecule is O=C1CC(c2ccccc2F)=NN1c1ccc(Cl)cc1Cl. The van der Waals surface area contributed by atoms with Crippen LogP contribution in [-0.4, -0.2) is 11.6 Å². The van der Waals surface area contributed by atoms with Gasteiger partial charge in [-0.25, -0.2) is 4.39 Å². The third-order valence-electron chi connectivity index (χ3n) is 3.10. The molecule has 0 aliphatic carbocycles. The topological polar surface area (TPSA) is 32.7 Å². The first-order chi connectivity index (χ1) is 10.1. The maximum Gasteiger partial charge on any atom is 0.253 e. The Hall–Kier alpha value is -1.91. The van der Waals surface area contributed by atoms with Gasteiger partial charge in [0.15, 0.2) is 0 Å². The van der Waals surface area contributed by atoms with E-state index in [-0.39, 0.29) is 12.3 Å². The number of carbonyl (C=O) groups is 1. The molecule has 6 heteroatoms. The van der Waals surface area contributed by atoms with Crippen molar-refractivity contribution in [2.45, 2.75) is 6.42 Å². The largest absolute Gasteiger partial charge is 0.272 e. The van der Waals surface area contributed by atoms with E-state index < -0.39 is 5.82 Å². The first-order valence-corrected chi connectivity index (χ1v) is 6.92. The highest BCUT2D eigenvalue weighted by Gasteiger charge is 2.28. The van der Waals surface area contributed by atoms with Crippen LogP contribution in [0.15, 0.2) is 47.6 Å². The summed E-state index contributed by atoms with van der Waals surface area (Å²) in [5, 5.41) is 6.16. The monoisotopic (exact) mass is 322 g/mol. The molecule has 1 heterocycles. The lowest BCUT2D eigenvalue weighted by Gasteiger charge is -2.13. The Morgan fingerprint density at radius 1 is 1.14 bits per heavy atom. The number of hydrazone groups is 1. The Kier molecular flexibility index (Phi) is 3.66. The average molecular weight is 323 g/mol. The Morgan fingerprint density at radius 2 is 1.90 bits per heavy atom. The van der Waals surface area contributed by atoms with E-state index in [2.05, 4.69) is 5.10 Å². The number of carbonyl (C=O) groups excluding carboxylic acids is 1. The second-order valence-electron chi connectivity index (χ2n) is 4.50. The molecule has 0 aromatic heterocycles. The minimum atomic E-state index is -0.409. The summed E-state index contributed by atoms with van der Waals surface area (Å²) in [5.74, 6) is -0.675. The summed E-state index contributed by atoms with van der Waals surface area (Å²) in [4.78, 5) is 12.1. The number of halogens is 3. The number of rotatable bonds is 2. The van der Waals surface area contributed by atoms with Gasteiger partial charge in [-0.1, -0.05) is 41.4 Å².